The third kappa shape index (κ3) is 4.26. The minimum absolute atomic E-state index is 0.0469. The SMILES string of the molecule is CCOC(=O)c1ccc(NN=NCCF)c([N+](=O)[O-])c1. The zero-order valence-corrected chi connectivity index (χ0v) is 10.7. The molecule has 1 N–H and O–H groups in total. The van der Waals surface area contributed by atoms with E-state index in [9.17, 15) is 19.3 Å². The Hall–Kier alpha value is -2.58. The predicted octanol–water partition coefficient (Wildman–Crippen LogP) is 2.52. The van der Waals surface area contributed by atoms with E-state index in [4.69, 9.17) is 4.74 Å². The number of nitrogens with zero attached hydrogens (tertiary/aromatic N) is 3. The number of rotatable bonds is 7. The van der Waals surface area contributed by atoms with Gasteiger partial charge in [-0.15, -0.1) is 0 Å². The molecule has 0 spiro atoms. The minimum atomic E-state index is -0.672. The first-order valence-corrected chi connectivity index (χ1v) is 5.74. The van der Waals surface area contributed by atoms with Crippen molar-refractivity contribution in [3.8, 4) is 0 Å². The maximum atomic E-state index is 11.8. The second-order valence-electron chi connectivity index (χ2n) is 3.48. The van der Waals surface area contributed by atoms with Gasteiger partial charge in [-0.05, 0) is 19.1 Å². The summed E-state index contributed by atoms with van der Waals surface area (Å²) in [5, 5.41) is 17.7. The molecular weight excluding hydrogens is 271 g/mol. The van der Waals surface area contributed by atoms with Crippen LogP contribution in [0.4, 0.5) is 15.8 Å². The number of esters is 1. The first-order chi connectivity index (χ1) is 9.60. The van der Waals surface area contributed by atoms with E-state index in [-0.39, 0.29) is 30.1 Å². The van der Waals surface area contributed by atoms with E-state index in [0.717, 1.165) is 6.07 Å². The molecule has 1 rings (SSSR count). The first-order valence-electron chi connectivity index (χ1n) is 5.74. The standard InChI is InChI=1S/C11H13FN4O4/c1-2-20-11(17)8-3-4-9(10(7-8)16(18)19)14-15-13-6-5-12/h3-4,7H,2,5-6H2,1H3,(H,13,14). The number of carbonyl (C=O) groups is 1. The van der Waals surface area contributed by atoms with E-state index in [1.165, 1.54) is 12.1 Å². The highest BCUT2D eigenvalue weighted by Gasteiger charge is 2.18. The maximum absolute atomic E-state index is 11.8. The number of carbonyl (C=O) groups excluding carboxylic acids is 1. The van der Waals surface area contributed by atoms with Gasteiger partial charge in [-0.3, -0.25) is 15.5 Å². The summed E-state index contributed by atoms with van der Waals surface area (Å²) in [6.07, 6.45) is 0. The average molecular weight is 284 g/mol. The zero-order chi connectivity index (χ0) is 15.0. The second-order valence-corrected chi connectivity index (χ2v) is 3.48. The summed E-state index contributed by atoms with van der Waals surface area (Å²) < 4.78 is 16.5. The number of benzene rings is 1. The molecule has 9 heteroatoms. The summed E-state index contributed by atoms with van der Waals surface area (Å²) in [5.74, 6) is -0.652. The van der Waals surface area contributed by atoms with E-state index in [0.29, 0.717) is 0 Å². The van der Waals surface area contributed by atoms with Crippen molar-refractivity contribution in [2.24, 2.45) is 10.3 Å². The van der Waals surface area contributed by atoms with Gasteiger partial charge in [0.15, 0.2) is 0 Å². The molecule has 0 saturated heterocycles. The fourth-order valence-corrected chi connectivity index (χ4v) is 1.30. The maximum Gasteiger partial charge on any atom is 0.338 e. The Morgan fingerprint density at radius 2 is 2.30 bits per heavy atom. The van der Waals surface area contributed by atoms with Gasteiger partial charge in [-0.2, -0.15) is 5.11 Å². The van der Waals surface area contributed by atoms with E-state index < -0.39 is 17.6 Å². The number of halogens is 1. The molecule has 0 bridgehead atoms. The molecule has 0 heterocycles. The highest BCUT2D eigenvalue weighted by molar-refractivity contribution is 5.91. The molecule has 0 radical (unpaired) electrons. The Kier molecular flexibility index (Phi) is 6.01. The van der Waals surface area contributed by atoms with Gasteiger partial charge < -0.3 is 4.74 Å². The molecule has 20 heavy (non-hydrogen) atoms. The van der Waals surface area contributed by atoms with E-state index in [1.54, 1.807) is 6.92 Å². The highest BCUT2D eigenvalue weighted by Crippen LogP contribution is 2.26. The molecule has 0 saturated carbocycles. The number of ether oxygens (including phenoxy) is 1. The third-order valence-electron chi connectivity index (χ3n) is 2.13. The Morgan fingerprint density at radius 1 is 1.55 bits per heavy atom. The summed E-state index contributed by atoms with van der Waals surface area (Å²) in [5.41, 5.74) is 2.08. The molecule has 1 aromatic carbocycles. The van der Waals surface area contributed by atoms with Crippen LogP contribution in [0.5, 0.6) is 0 Å². The highest BCUT2D eigenvalue weighted by atomic mass is 19.1. The van der Waals surface area contributed by atoms with Crippen LogP contribution in [0.2, 0.25) is 0 Å². The molecule has 8 nitrogen and oxygen atoms in total. The van der Waals surface area contributed by atoms with E-state index in [1.807, 2.05) is 0 Å². The van der Waals surface area contributed by atoms with Crippen LogP contribution in [0.1, 0.15) is 17.3 Å². The molecule has 0 aromatic heterocycles. The van der Waals surface area contributed by atoms with E-state index in [2.05, 4.69) is 15.8 Å². The van der Waals surface area contributed by atoms with Crippen molar-refractivity contribution in [1.82, 2.24) is 0 Å². The molecular formula is C11H13FN4O4. The number of hydrogen-bond acceptors (Lipinski definition) is 6. The lowest BCUT2D eigenvalue weighted by atomic mass is 10.2. The van der Waals surface area contributed by atoms with Gasteiger partial charge in [0.1, 0.15) is 12.4 Å². The number of nitrogens with one attached hydrogen (secondary N) is 1. The Labute approximate surface area is 113 Å². The summed E-state index contributed by atoms with van der Waals surface area (Å²) in [7, 11) is 0. The smallest absolute Gasteiger partial charge is 0.338 e. The number of nitro benzene ring substituents is 1. The van der Waals surface area contributed by atoms with Crippen LogP contribution in [0.25, 0.3) is 0 Å². The minimum Gasteiger partial charge on any atom is -0.462 e. The van der Waals surface area contributed by atoms with Crippen molar-refractivity contribution in [1.29, 1.82) is 0 Å². The number of hydrogen-bond donors (Lipinski definition) is 1. The molecule has 0 atom stereocenters. The predicted molar refractivity (Wildman–Crippen MR) is 68.4 cm³/mol. The Bertz CT molecular complexity index is 521. The second kappa shape index (κ2) is 7.77. The number of alkyl halides is 1. The van der Waals surface area contributed by atoms with Crippen molar-refractivity contribution >= 4 is 17.3 Å². The average Bonchev–Trinajstić information content (AvgIpc) is 2.43. The normalized spacial score (nSPS) is 10.5. The van der Waals surface area contributed by atoms with Crippen molar-refractivity contribution in [3.05, 3.63) is 33.9 Å². The quantitative estimate of drug-likeness (QED) is 0.358. The van der Waals surface area contributed by atoms with Gasteiger partial charge in [0, 0.05) is 6.07 Å². The molecule has 0 aliphatic heterocycles. The van der Waals surface area contributed by atoms with Crippen molar-refractivity contribution in [2.45, 2.75) is 6.92 Å². The fourth-order valence-electron chi connectivity index (χ4n) is 1.30. The number of nitro groups is 1. The molecule has 108 valence electrons. The van der Waals surface area contributed by atoms with Crippen LogP contribution < -0.4 is 5.43 Å². The summed E-state index contributed by atoms with van der Waals surface area (Å²) in [6.45, 7) is 0.994. The van der Waals surface area contributed by atoms with Gasteiger partial charge in [-0.25, -0.2) is 9.18 Å². The van der Waals surface area contributed by atoms with Crippen LogP contribution in [0.15, 0.2) is 28.5 Å². The van der Waals surface area contributed by atoms with Gasteiger partial charge in [0.25, 0.3) is 5.69 Å². The van der Waals surface area contributed by atoms with Gasteiger partial charge in [-0.1, -0.05) is 5.22 Å². The fraction of sp³-hybridized carbons (Fsp3) is 0.364. The Morgan fingerprint density at radius 3 is 2.90 bits per heavy atom. The largest absolute Gasteiger partial charge is 0.462 e. The van der Waals surface area contributed by atoms with Crippen LogP contribution in [0, 0.1) is 10.1 Å². The topological polar surface area (TPSA) is 106 Å². The monoisotopic (exact) mass is 284 g/mol. The van der Waals surface area contributed by atoms with Crippen LogP contribution in [-0.2, 0) is 4.74 Å². The van der Waals surface area contributed by atoms with Crippen LogP contribution in [0.3, 0.4) is 0 Å². The third-order valence-corrected chi connectivity index (χ3v) is 2.13. The lowest BCUT2D eigenvalue weighted by Gasteiger charge is -2.04. The molecule has 0 unspecified atom stereocenters. The molecule has 0 aliphatic rings. The molecule has 0 aliphatic carbocycles. The summed E-state index contributed by atoms with van der Waals surface area (Å²) in [4.78, 5) is 21.7. The van der Waals surface area contributed by atoms with Crippen LogP contribution >= 0.6 is 0 Å². The van der Waals surface area contributed by atoms with Crippen LogP contribution in [-0.4, -0.2) is 30.7 Å². The Balaban J connectivity index is 2.96. The van der Waals surface area contributed by atoms with Crippen molar-refractivity contribution in [3.63, 3.8) is 0 Å². The van der Waals surface area contributed by atoms with Gasteiger partial charge in [0.2, 0.25) is 0 Å². The lowest BCUT2D eigenvalue weighted by Crippen LogP contribution is -2.06. The van der Waals surface area contributed by atoms with Gasteiger partial charge >= 0.3 is 5.97 Å². The van der Waals surface area contributed by atoms with E-state index >= 15 is 0 Å². The molecule has 0 amide bonds. The molecule has 1 aromatic rings. The first kappa shape index (κ1) is 15.5. The lowest BCUT2D eigenvalue weighted by molar-refractivity contribution is -0.384. The zero-order valence-electron chi connectivity index (χ0n) is 10.7. The van der Waals surface area contributed by atoms with Crippen molar-refractivity contribution in [2.75, 3.05) is 25.3 Å². The van der Waals surface area contributed by atoms with Crippen molar-refractivity contribution < 1.29 is 18.8 Å². The van der Waals surface area contributed by atoms with Gasteiger partial charge in [0.05, 0.1) is 23.6 Å². The summed E-state index contributed by atoms with van der Waals surface area (Å²) in [6, 6.07) is 3.74. The molecule has 0 fully saturated rings. The number of anilines is 1. The summed E-state index contributed by atoms with van der Waals surface area (Å²) >= 11 is 0.